The Hall–Kier alpha value is -3.70. The Morgan fingerprint density at radius 3 is 2.07 bits per heavy atom. The van der Waals surface area contributed by atoms with Crippen molar-refractivity contribution in [3.8, 4) is 34.8 Å². The second-order valence-corrected chi connectivity index (χ2v) is 5.73. The second kappa shape index (κ2) is 9.48. The molecular formula is C21H23N3O5. The van der Waals surface area contributed by atoms with Gasteiger partial charge >= 0.3 is 0 Å². The number of carbonyl (C=O) groups excluding carboxylic acids is 1. The van der Waals surface area contributed by atoms with Gasteiger partial charge in [-0.1, -0.05) is 11.8 Å². The number of hydrogen-bond donors (Lipinski definition) is 3. The number of benzene rings is 2. The number of anilines is 1. The van der Waals surface area contributed by atoms with E-state index in [1.807, 2.05) is 0 Å². The highest BCUT2D eigenvalue weighted by atomic mass is 16.5. The van der Waals surface area contributed by atoms with Gasteiger partial charge in [0.05, 0.1) is 46.2 Å². The van der Waals surface area contributed by atoms with E-state index >= 15 is 0 Å². The number of nitrogens with one attached hydrogen (secondary N) is 1. The molecule has 0 unspecified atom stereocenters. The van der Waals surface area contributed by atoms with Crippen LogP contribution in [0.3, 0.4) is 0 Å². The van der Waals surface area contributed by atoms with Crippen LogP contribution in [0.1, 0.15) is 21.5 Å². The first-order valence-corrected chi connectivity index (χ1v) is 8.52. The van der Waals surface area contributed by atoms with Crippen molar-refractivity contribution in [1.82, 2.24) is 0 Å². The maximum absolute atomic E-state index is 13.0. The fourth-order valence-electron chi connectivity index (χ4n) is 2.73. The first-order valence-electron chi connectivity index (χ1n) is 8.52. The van der Waals surface area contributed by atoms with Crippen LogP contribution in [0.4, 0.5) is 5.69 Å². The first-order chi connectivity index (χ1) is 13.9. The molecule has 0 bridgehead atoms. The van der Waals surface area contributed by atoms with Crippen molar-refractivity contribution < 1.29 is 23.7 Å². The van der Waals surface area contributed by atoms with E-state index in [-0.39, 0.29) is 29.1 Å². The maximum atomic E-state index is 13.0. The van der Waals surface area contributed by atoms with Gasteiger partial charge in [0.1, 0.15) is 11.5 Å². The van der Waals surface area contributed by atoms with Crippen LogP contribution >= 0.6 is 0 Å². The molecule has 0 spiro atoms. The van der Waals surface area contributed by atoms with Crippen LogP contribution in [0.15, 0.2) is 24.3 Å². The molecule has 0 fully saturated rings. The van der Waals surface area contributed by atoms with Crippen molar-refractivity contribution in [3.05, 3.63) is 41.0 Å². The minimum Gasteiger partial charge on any atom is -0.495 e. The number of Topliss-reactive ketones (excluding diaryl/α,β-unsaturated/α-hetero) is 1. The van der Waals surface area contributed by atoms with E-state index in [0.717, 1.165) is 0 Å². The van der Waals surface area contributed by atoms with Gasteiger partial charge in [0.25, 0.3) is 0 Å². The number of ether oxygens (including phenoxy) is 4. The number of ketones is 1. The lowest BCUT2D eigenvalue weighted by Crippen LogP contribution is -2.17. The number of rotatable bonds is 7. The highest BCUT2D eigenvalue weighted by Crippen LogP contribution is 2.38. The van der Waals surface area contributed by atoms with Crippen molar-refractivity contribution in [2.45, 2.75) is 0 Å². The van der Waals surface area contributed by atoms with Crippen LogP contribution in [0.2, 0.25) is 0 Å². The number of nitrogen functional groups attached to an aromatic ring is 1. The fourth-order valence-corrected chi connectivity index (χ4v) is 2.73. The summed E-state index contributed by atoms with van der Waals surface area (Å²) in [5, 5.41) is 8.41. The van der Waals surface area contributed by atoms with Gasteiger partial charge in [0.15, 0.2) is 11.5 Å². The highest BCUT2D eigenvalue weighted by Gasteiger charge is 2.23. The topological polar surface area (TPSA) is 130 Å². The number of hydrogen-bond acceptors (Lipinski definition) is 8. The van der Waals surface area contributed by atoms with Crippen molar-refractivity contribution in [2.75, 3.05) is 40.7 Å². The van der Waals surface area contributed by atoms with Gasteiger partial charge in [0.2, 0.25) is 11.5 Å². The smallest absolute Gasteiger partial charge is 0.211 e. The molecule has 0 heterocycles. The summed E-state index contributed by atoms with van der Waals surface area (Å²) in [6.45, 7) is 0.134. The quantitative estimate of drug-likeness (QED) is 0.281. The Labute approximate surface area is 169 Å². The summed E-state index contributed by atoms with van der Waals surface area (Å²) in [4.78, 5) is 13.0. The van der Waals surface area contributed by atoms with Crippen molar-refractivity contribution in [3.63, 3.8) is 0 Å². The van der Waals surface area contributed by atoms with Gasteiger partial charge < -0.3 is 30.4 Å². The summed E-state index contributed by atoms with van der Waals surface area (Å²) in [6.07, 6.45) is 0. The van der Waals surface area contributed by atoms with E-state index in [1.165, 1.54) is 40.6 Å². The third kappa shape index (κ3) is 4.25. The molecule has 152 valence electrons. The van der Waals surface area contributed by atoms with E-state index in [0.29, 0.717) is 28.6 Å². The Bertz CT molecular complexity index is 980. The summed E-state index contributed by atoms with van der Waals surface area (Å²) in [5.41, 5.74) is 12.3. The monoisotopic (exact) mass is 397 g/mol. The molecule has 5 N–H and O–H groups in total. The Balaban J connectivity index is 2.54. The van der Waals surface area contributed by atoms with Gasteiger partial charge in [-0.05, 0) is 24.3 Å². The van der Waals surface area contributed by atoms with Crippen LogP contribution in [-0.4, -0.2) is 46.5 Å². The molecule has 0 amide bonds. The summed E-state index contributed by atoms with van der Waals surface area (Å²) < 4.78 is 21.1. The Morgan fingerprint density at radius 2 is 1.59 bits per heavy atom. The lowest BCUT2D eigenvalue weighted by molar-refractivity contribution is 0.106. The number of carbonyl (C=O) groups is 1. The zero-order chi connectivity index (χ0) is 21.6. The van der Waals surface area contributed by atoms with Crippen LogP contribution in [-0.2, 0) is 0 Å². The molecule has 8 nitrogen and oxygen atoms in total. The third-order valence-electron chi connectivity index (χ3n) is 4.17. The normalized spacial score (nSPS) is 9.83. The molecule has 2 aromatic carbocycles. The first kappa shape index (κ1) is 21.6. The largest absolute Gasteiger partial charge is 0.495 e. The molecule has 0 aliphatic rings. The van der Waals surface area contributed by atoms with E-state index in [9.17, 15) is 4.79 Å². The Morgan fingerprint density at radius 1 is 1.00 bits per heavy atom. The van der Waals surface area contributed by atoms with E-state index in [4.69, 9.17) is 35.8 Å². The molecule has 0 radical (unpaired) electrons. The molecule has 0 aromatic heterocycles. The zero-order valence-electron chi connectivity index (χ0n) is 16.7. The average molecular weight is 397 g/mol. The average Bonchev–Trinajstić information content (AvgIpc) is 2.75. The van der Waals surface area contributed by atoms with Gasteiger partial charge in [0, 0.05) is 11.1 Å². The summed E-state index contributed by atoms with van der Waals surface area (Å²) in [5.74, 6) is 6.35. The fraction of sp³-hybridized carbons (Fsp3) is 0.238. The highest BCUT2D eigenvalue weighted by molar-refractivity contribution is 6.51. The van der Waals surface area contributed by atoms with Gasteiger partial charge in [-0.3, -0.25) is 10.2 Å². The molecule has 2 rings (SSSR count). The molecule has 0 atom stereocenters. The van der Waals surface area contributed by atoms with E-state index in [1.54, 1.807) is 12.1 Å². The molecular weight excluding hydrogens is 374 g/mol. The number of nitrogens with two attached hydrogens (primary N) is 2. The standard InChI is InChI=1S/C21H23N3O5/c1-26-15-8-7-14(18(23)13(15)6-5-9-22)19(24)20(25)12-10-16(27-2)21(29-4)17(11-12)28-3/h7-8,10-11,24H,9,22-23H2,1-4H3. The summed E-state index contributed by atoms with van der Waals surface area (Å²) in [7, 11) is 5.84. The van der Waals surface area contributed by atoms with Crippen molar-refractivity contribution >= 4 is 17.2 Å². The second-order valence-electron chi connectivity index (χ2n) is 5.73. The maximum Gasteiger partial charge on any atom is 0.211 e. The van der Waals surface area contributed by atoms with Crippen molar-refractivity contribution in [1.29, 1.82) is 5.41 Å². The SMILES string of the molecule is COc1ccc(C(=N)C(=O)c2cc(OC)c(OC)c(OC)c2)c(N)c1C#CCN. The lowest BCUT2D eigenvalue weighted by Gasteiger charge is -2.15. The van der Waals surface area contributed by atoms with E-state index in [2.05, 4.69) is 11.8 Å². The zero-order valence-corrected chi connectivity index (χ0v) is 16.7. The molecule has 0 aliphatic carbocycles. The molecule has 2 aromatic rings. The third-order valence-corrected chi connectivity index (χ3v) is 4.17. The minimum atomic E-state index is -0.571. The van der Waals surface area contributed by atoms with Gasteiger partial charge in [-0.15, -0.1) is 0 Å². The predicted molar refractivity (Wildman–Crippen MR) is 111 cm³/mol. The molecule has 8 heteroatoms. The van der Waals surface area contributed by atoms with Gasteiger partial charge in [-0.2, -0.15) is 0 Å². The van der Waals surface area contributed by atoms with Crippen molar-refractivity contribution in [2.24, 2.45) is 5.73 Å². The van der Waals surface area contributed by atoms with Crippen LogP contribution < -0.4 is 30.4 Å². The van der Waals surface area contributed by atoms with Crippen LogP contribution in [0, 0.1) is 17.3 Å². The summed E-state index contributed by atoms with van der Waals surface area (Å²) in [6, 6.07) is 6.10. The molecule has 0 saturated heterocycles. The predicted octanol–water partition coefficient (Wildman–Crippen LogP) is 1.86. The molecule has 0 saturated carbocycles. The Kier molecular flexibility index (Phi) is 7.06. The summed E-state index contributed by atoms with van der Waals surface area (Å²) >= 11 is 0. The minimum absolute atomic E-state index is 0.134. The lowest BCUT2D eigenvalue weighted by atomic mass is 9.96. The van der Waals surface area contributed by atoms with Crippen LogP contribution in [0.25, 0.3) is 0 Å². The van der Waals surface area contributed by atoms with E-state index < -0.39 is 5.78 Å². The number of methoxy groups -OCH3 is 4. The molecule has 0 aliphatic heterocycles. The molecule has 29 heavy (non-hydrogen) atoms. The van der Waals surface area contributed by atoms with Gasteiger partial charge in [-0.25, -0.2) is 0 Å². The van der Waals surface area contributed by atoms with Crippen LogP contribution in [0.5, 0.6) is 23.0 Å².